The summed E-state index contributed by atoms with van der Waals surface area (Å²) in [7, 11) is 0. The van der Waals surface area contributed by atoms with Gasteiger partial charge in [-0.25, -0.2) is 0 Å². The molecule has 1 heterocycles. The number of halogens is 1. The zero-order valence-electron chi connectivity index (χ0n) is 9.48. The van der Waals surface area contributed by atoms with Gasteiger partial charge in [0.1, 0.15) is 0 Å². The van der Waals surface area contributed by atoms with Gasteiger partial charge in [0.05, 0.1) is 5.52 Å². The average Bonchev–Trinajstić information content (AvgIpc) is 2.38. The Hall–Kier alpha value is -2.06. The van der Waals surface area contributed by atoms with Crippen LogP contribution in [0.1, 0.15) is 0 Å². The second kappa shape index (κ2) is 4.31. The van der Waals surface area contributed by atoms with Crippen molar-refractivity contribution in [3.63, 3.8) is 0 Å². The molecule has 2 aromatic carbocycles. The van der Waals surface area contributed by atoms with Crippen molar-refractivity contribution in [2.45, 2.75) is 0 Å². The van der Waals surface area contributed by atoms with Crippen LogP contribution in [0.25, 0.3) is 22.0 Å². The molecule has 3 rings (SSSR count). The predicted octanol–water partition coefficient (Wildman–Crippen LogP) is 3.85. The fourth-order valence-electron chi connectivity index (χ4n) is 2.09. The highest BCUT2D eigenvalue weighted by atomic mass is 35.5. The first-order valence-electron chi connectivity index (χ1n) is 5.62. The minimum absolute atomic E-state index is 0.122. The van der Waals surface area contributed by atoms with Gasteiger partial charge in [-0.3, -0.25) is 4.79 Å². The molecule has 0 aliphatic carbocycles. The fraction of sp³-hybridized carbons (Fsp3) is 0. The van der Waals surface area contributed by atoms with Gasteiger partial charge in [0, 0.05) is 16.5 Å². The van der Waals surface area contributed by atoms with Gasteiger partial charge in [0.25, 0.3) is 0 Å². The Labute approximate surface area is 109 Å². The van der Waals surface area contributed by atoms with Crippen molar-refractivity contribution in [3.05, 3.63) is 70.0 Å². The van der Waals surface area contributed by atoms with Crippen LogP contribution in [0, 0.1) is 0 Å². The first-order chi connectivity index (χ1) is 8.74. The smallest absolute Gasteiger partial charge is 0.248 e. The zero-order valence-corrected chi connectivity index (χ0v) is 10.2. The summed E-state index contributed by atoms with van der Waals surface area (Å²) in [5.41, 5.74) is 2.74. The number of nitrogens with one attached hydrogen (secondary N) is 1. The van der Waals surface area contributed by atoms with Crippen LogP contribution in [-0.4, -0.2) is 4.98 Å². The van der Waals surface area contributed by atoms with E-state index in [1.807, 2.05) is 42.5 Å². The number of hydrogen-bond acceptors (Lipinski definition) is 1. The molecule has 3 heteroatoms. The van der Waals surface area contributed by atoms with E-state index in [1.165, 1.54) is 6.07 Å². The Kier molecular flexibility index (Phi) is 2.65. The molecule has 0 atom stereocenters. The summed E-state index contributed by atoms with van der Waals surface area (Å²) in [6, 6.07) is 17.0. The van der Waals surface area contributed by atoms with E-state index in [-0.39, 0.29) is 5.56 Å². The highest BCUT2D eigenvalue weighted by Gasteiger charge is 2.06. The zero-order chi connectivity index (χ0) is 12.5. The molecule has 0 aliphatic rings. The van der Waals surface area contributed by atoms with Crippen LogP contribution >= 0.6 is 11.6 Å². The van der Waals surface area contributed by atoms with Crippen LogP contribution in [0.3, 0.4) is 0 Å². The van der Waals surface area contributed by atoms with Crippen LogP contribution in [-0.2, 0) is 0 Å². The number of benzene rings is 2. The van der Waals surface area contributed by atoms with Crippen molar-refractivity contribution in [1.82, 2.24) is 4.98 Å². The lowest BCUT2D eigenvalue weighted by molar-refractivity contribution is 1.31. The van der Waals surface area contributed by atoms with Gasteiger partial charge >= 0.3 is 0 Å². The van der Waals surface area contributed by atoms with Gasteiger partial charge in [0.15, 0.2) is 0 Å². The normalized spacial score (nSPS) is 10.7. The third-order valence-electron chi connectivity index (χ3n) is 2.89. The quantitative estimate of drug-likeness (QED) is 0.704. The number of aromatic amines is 1. The van der Waals surface area contributed by atoms with Gasteiger partial charge in [-0.1, -0.05) is 41.9 Å². The highest BCUT2D eigenvalue weighted by Crippen LogP contribution is 2.30. The lowest BCUT2D eigenvalue weighted by Gasteiger charge is -2.07. The van der Waals surface area contributed by atoms with Crippen LogP contribution in [0.15, 0.2) is 59.4 Å². The van der Waals surface area contributed by atoms with E-state index in [1.54, 1.807) is 6.07 Å². The molecule has 0 amide bonds. The van der Waals surface area contributed by atoms with E-state index in [4.69, 9.17) is 11.6 Å². The van der Waals surface area contributed by atoms with Crippen molar-refractivity contribution in [2.75, 3.05) is 0 Å². The molecule has 0 bridgehead atoms. The van der Waals surface area contributed by atoms with E-state index in [9.17, 15) is 4.79 Å². The number of H-pyrrole nitrogens is 1. The molecule has 0 saturated heterocycles. The summed E-state index contributed by atoms with van der Waals surface area (Å²) in [6.07, 6.45) is 0. The maximum absolute atomic E-state index is 11.3. The molecule has 0 saturated carbocycles. The molecular weight excluding hydrogens is 246 g/mol. The molecule has 1 aromatic heterocycles. The molecule has 0 spiro atoms. The molecule has 0 unspecified atom stereocenters. The molecule has 2 nitrogen and oxygen atoms in total. The summed E-state index contributed by atoms with van der Waals surface area (Å²) >= 11 is 6.10. The van der Waals surface area contributed by atoms with Crippen LogP contribution < -0.4 is 5.56 Å². The van der Waals surface area contributed by atoms with Crippen molar-refractivity contribution in [2.24, 2.45) is 0 Å². The third kappa shape index (κ3) is 1.91. The molecule has 0 radical (unpaired) electrons. The van der Waals surface area contributed by atoms with Gasteiger partial charge in [-0.15, -0.1) is 0 Å². The van der Waals surface area contributed by atoms with Crippen LogP contribution in [0.5, 0.6) is 0 Å². The summed E-state index contributed by atoms with van der Waals surface area (Å²) in [4.78, 5) is 14.1. The number of pyridine rings is 1. The number of hydrogen-bond donors (Lipinski definition) is 1. The summed E-state index contributed by atoms with van der Waals surface area (Å²) < 4.78 is 0. The first-order valence-corrected chi connectivity index (χ1v) is 6.00. The fourth-order valence-corrected chi connectivity index (χ4v) is 2.31. The van der Waals surface area contributed by atoms with Gasteiger partial charge in [-0.05, 0) is 29.3 Å². The third-order valence-corrected chi connectivity index (χ3v) is 3.11. The maximum atomic E-state index is 11.3. The SMILES string of the molecule is O=c1ccc2c(-c3ccccc3)cc(Cl)cc2[nH]1. The van der Waals surface area contributed by atoms with Gasteiger partial charge < -0.3 is 4.98 Å². The molecule has 3 aromatic rings. The van der Waals surface area contributed by atoms with E-state index >= 15 is 0 Å². The number of fused-ring (bicyclic) bond motifs is 1. The summed E-state index contributed by atoms with van der Waals surface area (Å²) in [5, 5.41) is 1.61. The highest BCUT2D eigenvalue weighted by molar-refractivity contribution is 6.31. The van der Waals surface area contributed by atoms with E-state index in [0.29, 0.717) is 5.02 Å². The van der Waals surface area contributed by atoms with Crippen molar-refractivity contribution in [1.29, 1.82) is 0 Å². The lowest BCUT2D eigenvalue weighted by atomic mass is 10.0. The first kappa shape index (κ1) is 11.1. The van der Waals surface area contributed by atoms with Crippen LogP contribution in [0.4, 0.5) is 0 Å². The van der Waals surface area contributed by atoms with E-state index in [0.717, 1.165) is 22.0 Å². The molecule has 0 fully saturated rings. The minimum atomic E-state index is -0.122. The largest absolute Gasteiger partial charge is 0.322 e. The molecular formula is C15H10ClNO. The number of rotatable bonds is 1. The summed E-state index contributed by atoms with van der Waals surface area (Å²) in [5.74, 6) is 0. The van der Waals surface area contributed by atoms with Crippen molar-refractivity contribution in [3.8, 4) is 11.1 Å². The number of aromatic nitrogens is 1. The molecule has 18 heavy (non-hydrogen) atoms. The Bertz CT molecular complexity index is 762. The Morgan fingerprint density at radius 3 is 2.50 bits per heavy atom. The van der Waals surface area contributed by atoms with Crippen molar-refractivity contribution < 1.29 is 0 Å². The molecule has 1 N–H and O–H groups in total. The topological polar surface area (TPSA) is 32.9 Å². The Morgan fingerprint density at radius 1 is 0.944 bits per heavy atom. The summed E-state index contributed by atoms with van der Waals surface area (Å²) in [6.45, 7) is 0. The Morgan fingerprint density at radius 2 is 1.72 bits per heavy atom. The Balaban J connectivity index is 2.39. The molecule has 0 aliphatic heterocycles. The second-order valence-electron chi connectivity index (χ2n) is 4.10. The average molecular weight is 256 g/mol. The monoisotopic (exact) mass is 255 g/mol. The van der Waals surface area contributed by atoms with Crippen molar-refractivity contribution >= 4 is 22.5 Å². The van der Waals surface area contributed by atoms with Crippen LogP contribution in [0.2, 0.25) is 5.02 Å². The van der Waals surface area contributed by atoms with E-state index in [2.05, 4.69) is 4.98 Å². The molecule has 88 valence electrons. The van der Waals surface area contributed by atoms with Gasteiger partial charge in [-0.2, -0.15) is 0 Å². The van der Waals surface area contributed by atoms with E-state index < -0.39 is 0 Å². The lowest BCUT2D eigenvalue weighted by Crippen LogP contribution is -2.02. The second-order valence-corrected chi connectivity index (χ2v) is 4.54. The standard InChI is InChI=1S/C15H10ClNO/c16-11-8-13(10-4-2-1-3-5-10)12-6-7-15(18)17-14(12)9-11/h1-9H,(H,17,18). The minimum Gasteiger partial charge on any atom is -0.322 e. The van der Waals surface area contributed by atoms with Gasteiger partial charge in [0.2, 0.25) is 5.56 Å². The predicted molar refractivity (Wildman–Crippen MR) is 75.0 cm³/mol. The maximum Gasteiger partial charge on any atom is 0.248 e.